The van der Waals surface area contributed by atoms with Gasteiger partial charge < -0.3 is 0 Å². The van der Waals surface area contributed by atoms with Gasteiger partial charge in [0, 0.05) is 23.7 Å². The summed E-state index contributed by atoms with van der Waals surface area (Å²) in [5, 5.41) is 10.5. The van der Waals surface area contributed by atoms with E-state index < -0.39 is 0 Å². The molecule has 0 radical (unpaired) electrons. The zero-order valence-electron chi connectivity index (χ0n) is 15.1. The molecule has 2 heterocycles. The third kappa shape index (κ3) is 1.46. The highest BCUT2D eigenvalue weighted by molar-refractivity contribution is 5.47. The van der Waals surface area contributed by atoms with Crippen molar-refractivity contribution in [3.8, 4) is 0 Å². The minimum absolute atomic E-state index is 0.175. The first-order chi connectivity index (χ1) is 13.4. The van der Waals surface area contributed by atoms with E-state index in [1.165, 1.54) is 17.5 Å². The number of azo groups is 1. The van der Waals surface area contributed by atoms with Crippen molar-refractivity contribution >= 4 is 0 Å². The van der Waals surface area contributed by atoms with Gasteiger partial charge in [-0.25, -0.2) is 0 Å². The van der Waals surface area contributed by atoms with Crippen LogP contribution in [0.15, 0.2) is 95.2 Å². The second-order valence-electron chi connectivity index (χ2n) is 9.02. The van der Waals surface area contributed by atoms with Crippen molar-refractivity contribution in [1.82, 2.24) is 0 Å². The minimum atomic E-state index is -0.175. The van der Waals surface area contributed by atoms with Crippen LogP contribution < -0.4 is 0 Å². The molecule has 2 heteroatoms. The van der Waals surface area contributed by atoms with Gasteiger partial charge in [-0.3, -0.25) is 0 Å². The first-order valence-electron chi connectivity index (χ1n) is 10.3. The Labute approximate surface area is 159 Å². The summed E-state index contributed by atoms with van der Waals surface area (Å²) >= 11 is 0. The minimum Gasteiger partial charge on any atom is -0.181 e. The fourth-order valence-corrected chi connectivity index (χ4v) is 7.37. The summed E-state index contributed by atoms with van der Waals surface area (Å²) in [5.41, 5.74) is 2.38. The molecule has 8 atom stereocenters. The van der Waals surface area contributed by atoms with Crippen molar-refractivity contribution in [2.45, 2.75) is 17.5 Å². The summed E-state index contributed by atoms with van der Waals surface area (Å²) in [4.78, 5) is 0. The van der Waals surface area contributed by atoms with Crippen LogP contribution in [0.5, 0.6) is 0 Å². The van der Waals surface area contributed by atoms with E-state index in [-0.39, 0.29) is 11.1 Å². The molecule has 2 aliphatic heterocycles. The van der Waals surface area contributed by atoms with Gasteiger partial charge in [-0.1, -0.05) is 85.0 Å². The predicted octanol–water partition coefficient (Wildman–Crippen LogP) is 5.50. The zero-order valence-corrected chi connectivity index (χ0v) is 15.1. The van der Waals surface area contributed by atoms with Gasteiger partial charge in [0.1, 0.15) is 11.1 Å². The molecule has 0 aromatic heterocycles. The molecular weight excluding hydrogens is 328 g/mol. The third-order valence-corrected chi connectivity index (χ3v) is 8.26. The summed E-state index contributed by atoms with van der Waals surface area (Å²) in [6, 6.07) is 22.1. The number of nitrogens with zero attached hydrogens (tertiary/aromatic N) is 2. The van der Waals surface area contributed by atoms with E-state index in [4.69, 9.17) is 10.2 Å². The lowest BCUT2D eigenvalue weighted by atomic mass is 9.42. The second-order valence-corrected chi connectivity index (χ2v) is 9.02. The summed E-state index contributed by atoms with van der Waals surface area (Å²) in [6.45, 7) is 0. The average Bonchev–Trinajstić information content (AvgIpc) is 3.33. The Morgan fingerprint density at radius 1 is 0.593 bits per heavy atom. The molecule has 8 rings (SSSR count). The van der Waals surface area contributed by atoms with E-state index in [1.54, 1.807) is 0 Å². The standard InChI is InChI=1S/C25H22N2/c1-3-7-18(8-4-1)24-20-13-14-21(20)25(27-26-24,19-9-5-2-6-10-19)23-17-12-11-16(15-17)22(23)24/h1-14,16-17,20-23H,15H2. The molecule has 6 aliphatic rings. The number of allylic oxidation sites excluding steroid dienone is 2. The number of fused-ring (bicyclic) bond motifs is 2. The van der Waals surface area contributed by atoms with Crippen LogP contribution in [-0.4, -0.2) is 0 Å². The molecule has 2 aromatic carbocycles. The highest BCUT2D eigenvalue weighted by atomic mass is 15.3. The van der Waals surface area contributed by atoms with E-state index in [0.29, 0.717) is 35.5 Å². The van der Waals surface area contributed by atoms with Gasteiger partial charge in [-0.2, -0.15) is 10.2 Å². The molecular formula is C25H22N2. The molecule has 2 saturated carbocycles. The van der Waals surface area contributed by atoms with Crippen molar-refractivity contribution < 1.29 is 0 Å². The molecule has 2 nitrogen and oxygen atoms in total. The van der Waals surface area contributed by atoms with Crippen molar-refractivity contribution in [3.63, 3.8) is 0 Å². The zero-order chi connectivity index (χ0) is 17.6. The van der Waals surface area contributed by atoms with Crippen LogP contribution in [0.2, 0.25) is 0 Å². The first kappa shape index (κ1) is 14.6. The molecule has 27 heavy (non-hydrogen) atoms. The number of rotatable bonds is 2. The Morgan fingerprint density at radius 3 is 1.44 bits per heavy atom. The molecule has 4 bridgehead atoms. The molecule has 0 N–H and O–H groups in total. The van der Waals surface area contributed by atoms with Crippen LogP contribution in [0.4, 0.5) is 0 Å². The summed E-state index contributed by atoms with van der Waals surface area (Å²) < 4.78 is 0. The smallest absolute Gasteiger partial charge is 0.117 e. The Hall–Kier alpha value is -2.48. The molecule has 2 aromatic rings. The van der Waals surface area contributed by atoms with Crippen molar-refractivity contribution in [2.24, 2.45) is 45.7 Å². The van der Waals surface area contributed by atoms with Gasteiger partial charge in [-0.15, -0.1) is 0 Å². The SMILES string of the molecule is C1=CC2CC1C1C2C2(c3ccccc3)N=NC1(c1ccccc1)C1C=CC12. The van der Waals surface area contributed by atoms with Crippen molar-refractivity contribution in [1.29, 1.82) is 0 Å². The van der Waals surface area contributed by atoms with Gasteiger partial charge >= 0.3 is 0 Å². The lowest BCUT2D eigenvalue weighted by Gasteiger charge is -2.66. The fourth-order valence-electron chi connectivity index (χ4n) is 7.37. The Morgan fingerprint density at radius 2 is 1.04 bits per heavy atom. The maximum absolute atomic E-state index is 5.23. The lowest BCUT2D eigenvalue weighted by Crippen LogP contribution is -2.66. The van der Waals surface area contributed by atoms with Crippen LogP contribution in [0.3, 0.4) is 0 Å². The van der Waals surface area contributed by atoms with E-state index in [2.05, 4.69) is 85.0 Å². The number of hydrogen-bond donors (Lipinski definition) is 0. The van der Waals surface area contributed by atoms with Crippen molar-refractivity contribution in [3.05, 3.63) is 96.1 Å². The second kappa shape index (κ2) is 4.67. The predicted molar refractivity (Wildman–Crippen MR) is 105 cm³/mol. The van der Waals surface area contributed by atoms with Crippen LogP contribution in [0, 0.1) is 35.5 Å². The first-order valence-corrected chi connectivity index (χ1v) is 10.3. The number of benzene rings is 2. The van der Waals surface area contributed by atoms with E-state index in [1.807, 2.05) is 0 Å². The summed E-state index contributed by atoms with van der Waals surface area (Å²) in [7, 11) is 0. The van der Waals surface area contributed by atoms with Crippen LogP contribution >= 0.6 is 0 Å². The van der Waals surface area contributed by atoms with Crippen LogP contribution in [0.1, 0.15) is 17.5 Å². The monoisotopic (exact) mass is 350 g/mol. The summed E-state index contributed by atoms with van der Waals surface area (Å²) in [5.74, 6) is 3.31. The molecule has 0 saturated heterocycles. The highest BCUT2D eigenvalue weighted by Gasteiger charge is 2.75. The molecule has 4 aliphatic carbocycles. The largest absolute Gasteiger partial charge is 0.181 e. The number of hydrogen-bond acceptors (Lipinski definition) is 2. The van der Waals surface area contributed by atoms with Crippen molar-refractivity contribution in [2.75, 3.05) is 0 Å². The average molecular weight is 350 g/mol. The topological polar surface area (TPSA) is 24.7 Å². The highest BCUT2D eigenvalue weighted by Crippen LogP contribution is 2.75. The molecule has 8 unspecified atom stereocenters. The normalized spacial score (nSPS) is 47.0. The van der Waals surface area contributed by atoms with E-state index in [9.17, 15) is 0 Å². The quantitative estimate of drug-likeness (QED) is 0.639. The summed E-state index contributed by atoms with van der Waals surface area (Å²) in [6.07, 6.45) is 11.1. The maximum Gasteiger partial charge on any atom is 0.117 e. The van der Waals surface area contributed by atoms with Gasteiger partial charge in [0.15, 0.2) is 0 Å². The van der Waals surface area contributed by atoms with Gasteiger partial charge in [0.2, 0.25) is 0 Å². The molecule has 132 valence electrons. The van der Waals surface area contributed by atoms with Gasteiger partial charge in [0.05, 0.1) is 0 Å². The van der Waals surface area contributed by atoms with E-state index in [0.717, 1.165) is 0 Å². The molecule has 2 fully saturated rings. The molecule has 0 spiro atoms. The van der Waals surface area contributed by atoms with Gasteiger partial charge in [0.25, 0.3) is 0 Å². The van der Waals surface area contributed by atoms with Crippen LogP contribution in [0.25, 0.3) is 0 Å². The maximum atomic E-state index is 5.23. The Balaban J connectivity index is 1.55. The third-order valence-electron chi connectivity index (χ3n) is 8.26. The molecule has 0 amide bonds. The van der Waals surface area contributed by atoms with E-state index >= 15 is 0 Å². The lowest BCUT2D eigenvalue weighted by molar-refractivity contribution is -0.0851. The van der Waals surface area contributed by atoms with Crippen LogP contribution in [-0.2, 0) is 11.1 Å². The fraction of sp³-hybridized carbons (Fsp3) is 0.360. The Kier molecular flexibility index (Phi) is 2.52. The Bertz CT molecular complexity index is 928. The van der Waals surface area contributed by atoms with Gasteiger partial charge in [-0.05, 0) is 29.4 Å².